The summed E-state index contributed by atoms with van der Waals surface area (Å²) >= 11 is 0. The molecule has 2 aromatic carbocycles. The Labute approximate surface area is 419 Å². The second-order valence-corrected chi connectivity index (χ2v) is 23.1. The minimum atomic E-state index is -4.79. The van der Waals surface area contributed by atoms with Crippen LogP contribution in [0.5, 0.6) is 5.88 Å². The van der Waals surface area contributed by atoms with E-state index in [0.29, 0.717) is 86.7 Å². The number of nitro groups is 1. The van der Waals surface area contributed by atoms with Crippen LogP contribution in [0.15, 0.2) is 71.9 Å². The average molecular weight is 1010 g/mol. The second kappa shape index (κ2) is 19.2. The lowest BCUT2D eigenvalue weighted by atomic mass is 9.59. The predicted octanol–water partition coefficient (Wildman–Crippen LogP) is 7.37. The van der Waals surface area contributed by atoms with E-state index in [-0.39, 0.29) is 41.4 Å². The number of nitrogens with one attached hydrogen (secondary N) is 3. The van der Waals surface area contributed by atoms with Gasteiger partial charge in [-0.3, -0.25) is 19.8 Å². The van der Waals surface area contributed by atoms with Crippen LogP contribution in [-0.2, 0) is 19.5 Å². The number of sulfonamides is 1. The number of H-pyrrole nitrogens is 1. The molecule has 20 heteroatoms. The number of piperidine rings is 1. The first-order valence-electron chi connectivity index (χ1n) is 25.5. The highest BCUT2D eigenvalue weighted by atomic mass is 32.2. The summed E-state index contributed by atoms with van der Waals surface area (Å²) in [5, 5.41) is 33.5. The lowest BCUT2D eigenvalue weighted by Crippen LogP contribution is -2.58. The molecule has 2 saturated carbocycles. The Balaban J connectivity index is 0.864. The van der Waals surface area contributed by atoms with E-state index in [1.54, 1.807) is 19.2 Å². The maximum Gasteiger partial charge on any atom is 0.316 e. The van der Waals surface area contributed by atoms with Gasteiger partial charge in [0.05, 0.1) is 59.7 Å². The molecule has 5 aromatic rings. The number of hydrogen-bond acceptors (Lipinski definition) is 16. The van der Waals surface area contributed by atoms with Crippen molar-refractivity contribution in [3.8, 4) is 5.88 Å². The highest BCUT2D eigenvalue weighted by Crippen LogP contribution is 2.54. The van der Waals surface area contributed by atoms with Gasteiger partial charge in [0.1, 0.15) is 17.4 Å². The van der Waals surface area contributed by atoms with Gasteiger partial charge in [0.15, 0.2) is 0 Å². The molecular weight excluding hydrogens is 941 g/mol. The summed E-state index contributed by atoms with van der Waals surface area (Å²) in [7, 11) is -4.79. The maximum absolute atomic E-state index is 14.7. The van der Waals surface area contributed by atoms with Crippen molar-refractivity contribution in [1.29, 1.82) is 0 Å². The number of morpholine rings is 1. The van der Waals surface area contributed by atoms with Gasteiger partial charge in [-0.2, -0.15) is 13.4 Å². The van der Waals surface area contributed by atoms with Gasteiger partial charge in [0.2, 0.25) is 16.7 Å². The van der Waals surface area contributed by atoms with Crippen molar-refractivity contribution in [2.24, 2.45) is 11.3 Å². The second-order valence-electron chi connectivity index (χ2n) is 21.5. The standard InChI is InChI=1S/C52H64N10O9S/c1-32(2)37-6-4-5-7-38(37)44-30-70-23-21-60(44)36-27-52(28-36)16-19-59(20-17-52)35-8-9-39(41(25-35)61-40-13-22-69-31-45(40)71-50-43(61)24-34-12-18-53-47(34)55-50)49(63)58-72(67,68)46-26-42(62(65)66)48(57-56-46)54-29-33-10-14-51(3,64)15-11-33/h4-9,12,18,24-26,32-33,36,40,44-45,64H,10-11,13-17,19-23,27-31H2,1-3H3,(H,53,55)(H,54,57)(H,58,63)/t33-,40-,44-,45-,51-/m0/s1. The summed E-state index contributed by atoms with van der Waals surface area (Å²) in [6.07, 6.45) is 8.82. The molecule has 72 heavy (non-hydrogen) atoms. The molecule has 7 heterocycles. The van der Waals surface area contributed by atoms with E-state index in [2.05, 4.69) is 73.1 Å². The fourth-order valence-corrected chi connectivity index (χ4v) is 13.2. The Morgan fingerprint density at radius 1 is 0.958 bits per heavy atom. The number of benzene rings is 2. The van der Waals surface area contributed by atoms with Crippen molar-refractivity contribution in [3.63, 3.8) is 0 Å². The number of carbonyl (C=O) groups is 1. The number of rotatable bonds is 12. The number of anilines is 4. The molecule has 4 aliphatic heterocycles. The number of hydrogen-bond donors (Lipinski definition) is 4. The number of fused-ring (bicyclic) bond motifs is 3. The molecule has 0 radical (unpaired) electrons. The van der Waals surface area contributed by atoms with E-state index in [0.717, 1.165) is 69.1 Å². The van der Waals surface area contributed by atoms with Crippen LogP contribution in [0.25, 0.3) is 11.0 Å². The van der Waals surface area contributed by atoms with Crippen LogP contribution in [0.2, 0.25) is 0 Å². The van der Waals surface area contributed by atoms with Crippen LogP contribution in [0.3, 0.4) is 0 Å². The number of ether oxygens (including phenoxy) is 3. The topological polar surface area (TPSA) is 231 Å². The Bertz CT molecular complexity index is 2960. The molecule has 0 unspecified atom stereocenters. The van der Waals surface area contributed by atoms with Crippen molar-refractivity contribution in [1.82, 2.24) is 29.8 Å². The van der Waals surface area contributed by atoms with Crippen molar-refractivity contribution in [2.45, 2.75) is 119 Å². The first kappa shape index (κ1) is 48.3. The van der Waals surface area contributed by atoms with Gasteiger partial charge in [-0.25, -0.2) is 4.72 Å². The molecule has 19 nitrogen and oxygen atoms in total. The van der Waals surface area contributed by atoms with Gasteiger partial charge in [-0.05, 0) is 123 Å². The molecule has 382 valence electrons. The summed E-state index contributed by atoms with van der Waals surface area (Å²) in [6, 6.07) is 19.4. The summed E-state index contributed by atoms with van der Waals surface area (Å²) in [6.45, 7) is 11.4. The minimum absolute atomic E-state index is 0.0659. The largest absolute Gasteiger partial charge is 0.468 e. The maximum atomic E-state index is 14.7. The molecule has 3 atom stereocenters. The van der Waals surface area contributed by atoms with Crippen LogP contribution < -0.4 is 24.6 Å². The first-order valence-corrected chi connectivity index (χ1v) is 27.0. The van der Waals surface area contributed by atoms with Gasteiger partial charge in [0.25, 0.3) is 15.9 Å². The van der Waals surface area contributed by atoms with Gasteiger partial charge >= 0.3 is 5.69 Å². The molecule has 3 aromatic heterocycles. The fourth-order valence-electron chi connectivity index (χ4n) is 12.3. The molecule has 2 aliphatic carbocycles. The number of aliphatic hydroxyl groups is 1. The van der Waals surface area contributed by atoms with Crippen LogP contribution in [-0.4, -0.2) is 126 Å². The first-order chi connectivity index (χ1) is 34.6. The SMILES string of the molecule is CC(C)c1ccccc1[C@@H]1COCCN1C1CC2(CCN(c3ccc(C(=O)NS(=O)(=O)c4cc([N+](=O)[O-])c(NC[C@H]5CC[C@](C)(O)CC5)nn4)c(N4c5cc6cc[nH]c6nc5O[C@H]5COCC[C@@H]54)c3)CC2)C1. The average Bonchev–Trinajstić information content (AvgIpc) is 3.83. The molecule has 5 fully saturated rings. The molecule has 11 rings (SSSR count). The van der Waals surface area contributed by atoms with E-state index >= 15 is 0 Å². The zero-order valence-electron chi connectivity index (χ0n) is 41.1. The Morgan fingerprint density at radius 3 is 2.51 bits per heavy atom. The normalized spacial score (nSPS) is 25.6. The number of nitrogens with zero attached hydrogens (tertiary/aromatic N) is 7. The monoisotopic (exact) mass is 1000 g/mol. The predicted molar refractivity (Wildman–Crippen MR) is 270 cm³/mol. The highest BCUT2D eigenvalue weighted by Gasteiger charge is 2.50. The quantitative estimate of drug-likeness (QED) is 0.0706. The van der Waals surface area contributed by atoms with Crippen molar-refractivity contribution < 1.29 is 37.5 Å². The summed E-state index contributed by atoms with van der Waals surface area (Å²) in [5.74, 6) is -0.226. The third kappa shape index (κ3) is 9.35. The van der Waals surface area contributed by atoms with Crippen molar-refractivity contribution >= 4 is 55.5 Å². The smallest absolute Gasteiger partial charge is 0.316 e. The summed E-state index contributed by atoms with van der Waals surface area (Å²) in [5.41, 5.74) is 4.32. The lowest BCUT2D eigenvalue weighted by Gasteiger charge is -2.57. The molecule has 3 saturated heterocycles. The van der Waals surface area contributed by atoms with E-state index < -0.39 is 43.3 Å². The molecule has 4 N–H and O–H groups in total. The molecule has 0 bridgehead atoms. The van der Waals surface area contributed by atoms with Crippen molar-refractivity contribution in [2.75, 3.05) is 67.7 Å². The van der Waals surface area contributed by atoms with E-state index in [1.807, 2.05) is 29.2 Å². The highest BCUT2D eigenvalue weighted by molar-refractivity contribution is 7.90. The van der Waals surface area contributed by atoms with Crippen LogP contribution in [0.4, 0.5) is 28.6 Å². The summed E-state index contributed by atoms with van der Waals surface area (Å²) in [4.78, 5) is 41.3. The van der Waals surface area contributed by atoms with Gasteiger partial charge in [-0.15, -0.1) is 10.2 Å². The Kier molecular flexibility index (Phi) is 12.9. The third-order valence-corrected chi connectivity index (χ3v) is 17.6. The Morgan fingerprint density at radius 2 is 1.74 bits per heavy atom. The van der Waals surface area contributed by atoms with E-state index in [4.69, 9.17) is 19.2 Å². The van der Waals surface area contributed by atoms with Crippen LogP contribution >= 0.6 is 0 Å². The van der Waals surface area contributed by atoms with Crippen molar-refractivity contribution in [3.05, 3.63) is 93.7 Å². The number of carbonyl (C=O) groups excluding carboxylic acids is 1. The molecule has 1 amide bonds. The number of pyridine rings is 1. The number of aromatic nitrogens is 4. The third-order valence-electron chi connectivity index (χ3n) is 16.4. The fraction of sp³-hybridized carbons (Fsp3) is 0.538. The van der Waals surface area contributed by atoms with Gasteiger partial charge < -0.3 is 39.4 Å². The van der Waals surface area contributed by atoms with E-state index in [9.17, 15) is 28.4 Å². The lowest BCUT2D eigenvalue weighted by molar-refractivity contribution is -0.384. The van der Waals surface area contributed by atoms with Gasteiger partial charge in [0, 0.05) is 56.1 Å². The minimum Gasteiger partial charge on any atom is -0.468 e. The van der Waals surface area contributed by atoms with Crippen LogP contribution in [0.1, 0.15) is 112 Å². The molecule has 6 aliphatic rings. The van der Waals surface area contributed by atoms with Gasteiger partial charge in [-0.1, -0.05) is 38.1 Å². The zero-order chi connectivity index (χ0) is 49.9. The number of amides is 1. The van der Waals surface area contributed by atoms with E-state index in [1.165, 1.54) is 11.1 Å². The molecule has 1 spiro atoms. The molecular formula is C52H64N10O9S. The zero-order valence-corrected chi connectivity index (χ0v) is 41.9. The number of aromatic amines is 1. The Hall–Kier alpha value is -5.93. The van der Waals surface area contributed by atoms with Crippen LogP contribution in [0, 0.1) is 21.4 Å². The summed E-state index contributed by atoms with van der Waals surface area (Å²) < 4.78 is 48.8.